The van der Waals surface area contributed by atoms with Gasteiger partial charge in [-0.05, 0) is 36.4 Å². The Morgan fingerprint density at radius 3 is 2.92 bits per heavy atom. The summed E-state index contributed by atoms with van der Waals surface area (Å²) in [5.74, 6) is 0.532. The average Bonchev–Trinajstić information content (AvgIpc) is 3.02. The normalized spacial score (nSPS) is 14.0. The van der Waals surface area contributed by atoms with E-state index in [1.807, 2.05) is 24.3 Å². The number of rotatable bonds is 2. The Morgan fingerprint density at radius 1 is 1.16 bits per heavy atom. The molecule has 0 bridgehead atoms. The maximum Gasteiger partial charge on any atom is 0.296 e. The Balaban J connectivity index is 1.66. The standard InChI is InChI=1S/C19H15FN2O2S/c20-14-6-3-5-13(11-14)15-12-17(24-21-15)19(23)22-9-4-10-25-18-8-2-1-7-16(18)22/h1-3,5-8,11-12H,4,9-10H2. The summed E-state index contributed by atoms with van der Waals surface area (Å²) < 4.78 is 18.6. The van der Waals surface area contributed by atoms with Crippen molar-refractivity contribution in [3.63, 3.8) is 0 Å². The van der Waals surface area contributed by atoms with E-state index in [0.717, 1.165) is 22.8 Å². The quantitative estimate of drug-likeness (QED) is 0.673. The molecule has 1 amide bonds. The van der Waals surface area contributed by atoms with Gasteiger partial charge in [0.05, 0.1) is 5.69 Å². The van der Waals surface area contributed by atoms with Crippen LogP contribution in [-0.2, 0) is 0 Å². The zero-order chi connectivity index (χ0) is 17.2. The van der Waals surface area contributed by atoms with Crippen LogP contribution in [0.2, 0.25) is 0 Å². The summed E-state index contributed by atoms with van der Waals surface area (Å²) in [4.78, 5) is 15.7. The van der Waals surface area contributed by atoms with E-state index in [9.17, 15) is 9.18 Å². The first-order valence-electron chi connectivity index (χ1n) is 7.99. The predicted octanol–water partition coefficient (Wildman–Crippen LogP) is 4.62. The van der Waals surface area contributed by atoms with Crippen molar-refractivity contribution in [2.75, 3.05) is 17.2 Å². The molecule has 1 aliphatic rings. The molecule has 2 heterocycles. The molecule has 2 aromatic carbocycles. The van der Waals surface area contributed by atoms with Crippen LogP contribution in [0.5, 0.6) is 0 Å². The van der Waals surface area contributed by atoms with Crippen molar-refractivity contribution in [3.8, 4) is 11.3 Å². The third-order valence-electron chi connectivity index (χ3n) is 4.03. The molecule has 126 valence electrons. The van der Waals surface area contributed by atoms with Crippen LogP contribution < -0.4 is 4.90 Å². The van der Waals surface area contributed by atoms with Crippen LogP contribution in [-0.4, -0.2) is 23.4 Å². The van der Waals surface area contributed by atoms with Crippen molar-refractivity contribution < 1.29 is 13.7 Å². The van der Waals surface area contributed by atoms with Gasteiger partial charge in [-0.3, -0.25) is 4.79 Å². The number of fused-ring (bicyclic) bond motifs is 1. The molecule has 0 spiro atoms. The lowest BCUT2D eigenvalue weighted by molar-refractivity contribution is 0.0951. The van der Waals surface area contributed by atoms with Crippen LogP contribution in [0.15, 0.2) is 64.0 Å². The van der Waals surface area contributed by atoms with Gasteiger partial charge >= 0.3 is 0 Å². The van der Waals surface area contributed by atoms with Crippen molar-refractivity contribution in [3.05, 3.63) is 66.2 Å². The monoisotopic (exact) mass is 354 g/mol. The van der Waals surface area contributed by atoms with Crippen molar-refractivity contribution >= 4 is 23.4 Å². The summed E-state index contributed by atoms with van der Waals surface area (Å²) >= 11 is 1.75. The average molecular weight is 354 g/mol. The Labute approximate surface area is 148 Å². The number of aromatic nitrogens is 1. The molecule has 25 heavy (non-hydrogen) atoms. The van der Waals surface area contributed by atoms with Gasteiger partial charge in [0.15, 0.2) is 0 Å². The zero-order valence-corrected chi connectivity index (χ0v) is 14.1. The van der Waals surface area contributed by atoms with Crippen LogP contribution in [0, 0.1) is 5.82 Å². The fourth-order valence-electron chi connectivity index (χ4n) is 2.83. The van der Waals surface area contributed by atoms with Gasteiger partial charge in [0.25, 0.3) is 5.91 Å². The first-order chi connectivity index (χ1) is 12.2. The highest BCUT2D eigenvalue weighted by Crippen LogP contribution is 2.34. The number of amides is 1. The molecule has 0 atom stereocenters. The van der Waals surface area contributed by atoms with Crippen LogP contribution in [0.25, 0.3) is 11.3 Å². The van der Waals surface area contributed by atoms with Gasteiger partial charge in [0, 0.05) is 23.1 Å². The lowest BCUT2D eigenvalue weighted by Gasteiger charge is -2.20. The van der Waals surface area contributed by atoms with E-state index in [4.69, 9.17) is 4.52 Å². The largest absolute Gasteiger partial charge is 0.350 e. The minimum absolute atomic E-state index is 0.154. The molecule has 4 nitrogen and oxygen atoms in total. The van der Waals surface area contributed by atoms with Crippen molar-refractivity contribution in [2.45, 2.75) is 11.3 Å². The van der Waals surface area contributed by atoms with Gasteiger partial charge in [0.1, 0.15) is 11.5 Å². The highest BCUT2D eigenvalue weighted by Gasteiger charge is 2.25. The van der Waals surface area contributed by atoms with E-state index < -0.39 is 0 Å². The second-order valence-corrected chi connectivity index (χ2v) is 6.85. The van der Waals surface area contributed by atoms with Crippen molar-refractivity contribution in [1.29, 1.82) is 0 Å². The molecule has 3 aromatic rings. The van der Waals surface area contributed by atoms with E-state index in [1.54, 1.807) is 34.9 Å². The number of carbonyl (C=O) groups excluding carboxylic acids is 1. The van der Waals surface area contributed by atoms with Gasteiger partial charge in [-0.15, -0.1) is 11.8 Å². The fraction of sp³-hybridized carbons (Fsp3) is 0.158. The van der Waals surface area contributed by atoms with E-state index >= 15 is 0 Å². The first kappa shape index (κ1) is 15.9. The summed E-state index contributed by atoms with van der Waals surface area (Å²) in [7, 11) is 0. The predicted molar refractivity (Wildman–Crippen MR) is 95.4 cm³/mol. The number of hydrogen-bond donors (Lipinski definition) is 0. The van der Waals surface area contributed by atoms with Gasteiger partial charge in [-0.25, -0.2) is 4.39 Å². The summed E-state index contributed by atoms with van der Waals surface area (Å²) in [5, 5.41) is 3.93. The number of anilines is 1. The fourth-order valence-corrected chi connectivity index (χ4v) is 3.83. The summed E-state index contributed by atoms with van der Waals surface area (Å²) in [6.45, 7) is 0.624. The van der Waals surface area contributed by atoms with Gasteiger partial charge in [-0.2, -0.15) is 0 Å². The number of benzene rings is 2. The summed E-state index contributed by atoms with van der Waals surface area (Å²) in [6, 6.07) is 15.5. The van der Waals surface area contributed by atoms with E-state index in [0.29, 0.717) is 17.8 Å². The number of para-hydroxylation sites is 1. The first-order valence-corrected chi connectivity index (χ1v) is 8.97. The molecule has 0 unspecified atom stereocenters. The second-order valence-electron chi connectivity index (χ2n) is 5.71. The third kappa shape index (κ3) is 3.17. The zero-order valence-electron chi connectivity index (χ0n) is 13.3. The summed E-state index contributed by atoms with van der Waals surface area (Å²) in [5.41, 5.74) is 1.91. The number of thioether (sulfide) groups is 1. The molecule has 0 saturated heterocycles. The van der Waals surface area contributed by atoms with E-state index in [2.05, 4.69) is 5.16 Å². The van der Waals surface area contributed by atoms with Crippen LogP contribution in [0.3, 0.4) is 0 Å². The topological polar surface area (TPSA) is 46.3 Å². The minimum atomic E-state index is -0.355. The molecular formula is C19H15FN2O2S. The maximum atomic E-state index is 13.4. The number of hydrogen-bond acceptors (Lipinski definition) is 4. The van der Waals surface area contributed by atoms with Crippen molar-refractivity contribution in [1.82, 2.24) is 5.16 Å². The molecule has 0 radical (unpaired) electrons. The van der Waals surface area contributed by atoms with E-state index in [-0.39, 0.29) is 17.5 Å². The smallest absolute Gasteiger partial charge is 0.296 e. The molecule has 0 N–H and O–H groups in total. The van der Waals surface area contributed by atoms with E-state index in [1.165, 1.54) is 12.1 Å². The van der Waals surface area contributed by atoms with Crippen molar-refractivity contribution in [2.24, 2.45) is 0 Å². The minimum Gasteiger partial charge on any atom is -0.350 e. The molecule has 0 saturated carbocycles. The highest BCUT2D eigenvalue weighted by atomic mass is 32.2. The number of halogens is 1. The molecule has 1 aliphatic heterocycles. The molecule has 1 aromatic heterocycles. The molecular weight excluding hydrogens is 339 g/mol. The van der Waals surface area contributed by atoms with Gasteiger partial charge < -0.3 is 9.42 Å². The lowest BCUT2D eigenvalue weighted by Crippen LogP contribution is -2.31. The maximum absolute atomic E-state index is 13.4. The Bertz CT molecular complexity index is 925. The molecule has 6 heteroatoms. The van der Waals surface area contributed by atoms with Crippen LogP contribution in [0.1, 0.15) is 17.0 Å². The number of carbonyl (C=O) groups is 1. The third-order valence-corrected chi connectivity index (χ3v) is 5.18. The highest BCUT2D eigenvalue weighted by molar-refractivity contribution is 7.99. The second kappa shape index (κ2) is 6.72. The molecule has 4 rings (SSSR count). The van der Waals surface area contributed by atoms with Gasteiger partial charge in [-0.1, -0.05) is 29.4 Å². The Kier molecular flexibility index (Phi) is 4.28. The number of nitrogens with zero attached hydrogens (tertiary/aromatic N) is 2. The molecule has 0 fully saturated rings. The summed E-state index contributed by atoms with van der Waals surface area (Å²) in [6.07, 6.45) is 0.899. The lowest BCUT2D eigenvalue weighted by atomic mass is 10.1. The van der Waals surface area contributed by atoms with Gasteiger partial charge in [0.2, 0.25) is 5.76 Å². The SMILES string of the molecule is O=C(c1cc(-c2cccc(F)c2)no1)N1CCCSc2ccccc21. The molecule has 0 aliphatic carbocycles. The van der Waals surface area contributed by atoms with Crippen LogP contribution in [0.4, 0.5) is 10.1 Å². The Morgan fingerprint density at radius 2 is 2.04 bits per heavy atom. The Hall–Kier alpha value is -2.60. The van der Waals surface area contributed by atoms with Crippen LogP contribution >= 0.6 is 11.8 Å².